The number of ketones is 3. The number of fused-ring (bicyclic) bond motifs is 7. The number of benzene rings is 2. The summed E-state index contributed by atoms with van der Waals surface area (Å²) in [5, 5.41) is 15.1. The normalized spacial score (nSPS) is 31.4. The van der Waals surface area contributed by atoms with Crippen LogP contribution in [0.3, 0.4) is 0 Å². The molecule has 18 heteroatoms. The number of Topliss-reactive ketones (excluding diaryl/α,β-unsaturated/α-hetero) is 2. The number of carbonyl (C=O) groups is 5. The molecule has 1 heterocycles. The summed E-state index contributed by atoms with van der Waals surface area (Å²) < 4.78 is 85.4. The van der Waals surface area contributed by atoms with Crippen LogP contribution in [0, 0.1) is 28.6 Å². The zero-order chi connectivity index (χ0) is 53.9. The van der Waals surface area contributed by atoms with E-state index in [2.05, 4.69) is 5.32 Å². The fourth-order valence-electron chi connectivity index (χ4n) is 12.0. The second-order valence-corrected chi connectivity index (χ2v) is 25.4. The van der Waals surface area contributed by atoms with E-state index in [1.54, 1.807) is 93.5 Å². The molecule has 0 radical (unpaired) electrons. The number of hydrogen-bond acceptors (Lipinski definition) is 14. The van der Waals surface area contributed by atoms with Crippen molar-refractivity contribution in [3.05, 3.63) is 89.0 Å². The third kappa shape index (κ3) is 11.5. The number of aliphatic hydroxyl groups is 1. The van der Waals surface area contributed by atoms with E-state index in [-0.39, 0.29) is 56.4 Å². The van der Waals surface area contributed by atoms with Gasteiger partial charge in [-0.1, -0.05) is 49.4 Å². The van der Waals surface area contributed by atoms with Gasteiger partial charge in [0.1, 0.15) is 24.2 Å². The van der Waals surface area contributed by atoms with Crippen LogP contribution in [0.15, 0.2) is 72.3 Å². The highest BCUT2D eigenvalue weighted by Crippen LogP contribution is 2.73. The number of ether oxygens (including phenoxy) is 3. The van der Waals surface area contributed by atoms with Crippen molar-refractivity contribution in [1.82, 2.24) is 0 Å². The molecule has 400 valence electrons. The SMILES string of the molecule is CC(C)(C)OC(=O)CC[C@H](CC(=O)CN)C(=O)Nc1cccc(Cc2ccc([C@@H]3O[C@@H]4C[C@H]5[C@@H]6C[C@H](F)C7=CC(=O)C=C[C@]7(C)[C@@]6(F)[C@@H](O)C[C@]5(C)[C@]4(C(=O)COP(=O)(OC(C)(C)C)OC(C)(C)C)O3)cc2)c1. The number of carbonyl (C=O) groups excluding carboxylic acids is 5. The summed E-state index contributed by atoms with van der Waals surface area (Å²) >= 11 is 0. The largest absolute Gasteiger partial charge is 0.476 e. The van der Waals surface area contributed by atoms with Crippen LogP contribution in [-0.4, -0.2) is 93.9 Å². The molecule has 0 bridgehead atoms. The molecular weight excluding hydrogens is 966 g/mol. The number of halogens is 2. The van der Waals surface area contributed by atoms with Crippen LogP contribution in [0.25, 0.3) is 0 Å². The summed E-state index contributed by atoms with van der Waals surface area (Å²) in [6.07, 6.45) is -2.27. The lowest BCUT2D eigenvalue weighted by Gasteiger charge is -2.63. The summed E-state index contributed by atoms with van der Waals surface area (Å²) in [6.45, 7) is 17.4. The van der Waals surface area contributed by atoms with E-state index in [0.29, 0.717) is 17.7 Å². The molecule has 7 rings (SSSR count). The number of anilines is 1. The number of amides is 1. The molecule has 0 unspecified atom stereocenters. The van der Waals surface area contributed by atoms with E-state index in [1.165, 1.54) is 19.1 Å². The van der Waals surface area contributed by atoms with Gasteiger partial charge in [0, 0.05) is 46.8 Å². The first kappa shape index (κ1) is 56.4. The molecule has 1 saturated heterocycles. The van der Waals surface area contributed by atoms with Crippen molar-refractivity contribution < 1.29 is 70.2 Å². The first-order valence-corrected chi connectivity index (χ1v) is 26.6. The number of alkyl halides is 2. The molecule has 0 spiro atoms. The second kappa shape index (κ2) is 20.3. The number of hydrogen-bond donors (Lipinski definition) is 3. The van der Waals surface area contributed by atoms with E-state index in [4.69, 9.17) is 33.5 Å². The summed E-state index contributed by atoms with van der Waals surface area (Å²) in [5.41, 5.74) is -1.91. The molecule has 1 aliphatic heterocycles. The first-order valence-electron chi connectivity index (χ1n) is 25.2. The number of nitrogens with two attached hydrogens (primary N) is 1. The molecule has 4 aliphatic carbocycles. The molecule has 0 aromatic heterocycles. The molecule has 4 fully saturated rings. The highest BCUT2D eigenvalue weighted by Gasteiger charge is 2.80. The molecule has 2 aromatic carbocycles. The highest BCUT2D eigenvalue weighted by atomic mass is 31.2. The van der Waals surface area contributed by atoms with Crippen LogP contribution in [-0.2, 0) is 62.7 Å². The van der Waals surface area contributed by atoms with Gasteiger partial charge in [-0.2, -0.15) is 0 Å². The maximum atomic E-state index is 18.2. The average molecular weight is 1040 g/mol. The predicted octanol–water partition coefficient (Wildman–Crippen LogP) is 9.28. The summed E-state index contributed by atoms with van der Waals surface area (Å²) in [5.74, 6) is -5.13. The van der Waals surface area contributed by atoms with Gasteiger partial charge in [-0.15, -0.1) is 0 Å². The van der Waals surface area contributed by atoms with Crippen molar-refractivity contribution in [2.75, 3.05) is 18.5 Å². The molecule has 15 nitrogen and oxygen atoms in total. The van der Waals surface area contributed by atoms with Crippen LogP contribution in [0.1, 0.15) is 138 Å². The van der Waals surface area contributed by atoms with Gasteiger partial charge in [0.2, 0.25) is 5.91 Å². The summed E-state index contributed by atoms with van der Waals surface area (Å²) in [4.78, 5) is 66.0. The Morgan fingerprint density at radius 3 is 2.21 bits per heavy atom. The van der Waals surface area contributed by atoms with Crippen LogP contribution in [0.5, 0.6) is 0 Å². The van der Waals surface area contributed by atoms with Crippen molar-refractivity contribution >= 4 is 42.7 Å². The molecular formula is C55H73F2N2O13P. The van der Waals surface area contributed by atoms with Gasteiger partial charge < -0.3 is 30.4 Å². The van der Waals surface area contributed by atoms with Crippen molar-refractivity contribution in [2.45, 2.75) is 174 Å². The molecule has 1 amide bonds. The lowest BCUT2D eigenvalue weighted by molar-refractivity contribution is -0.235. The smallest absolute Gasteiger partial charge is 0.460 e. The predicted molar refractivity (Wildman–Crippen MR) is 267 cm³/mol. The number of rotatable bonds is 17. The van der Waals surface area contributed by atoms with Crippen molar-refractivity contribution in [1.29, 1.82) is 0 Å². The molecule has 4 N–H and O–H groups in total. The molecule has 3 saturated carbocycles. The quantitative estimate of drug-likeness (QED) is 0.0995. The fourth-order valence-corrected chi connectivity index (χ4v) is 13.7. The minimum absolute atomic E-state index is 0.0302. The maximum absolute atomic E-state index is 18.2. The zero-order valence-electron chi connectivity index (χ0n) is 43.9. The molecule has 5 aliphatic rings. The van der Waals surface area contributed by atoms with E-state index in [0.717, 1.165) is 17.2 Å². The highest BCUT2D eigenvalue weighted by molar-refractivity contribution is 7.48. The van der Waals surface area contributed by atoms with Crippen molar-refractivity contribution in [3.8, 4) is 0 Å². The standard InChI is InChI=1S/C55H73F2N2O13P/c1-49(2,3)69-46(64)20-19-35(25-38(61)30-58)47(65)59-36-14-12-13-33(24-36)23-32-15-17-34(18-16-32)48-68-45-28-39-40-27-42(56)41-26-37(60)21-22-52(41,10)54(40,57)43(62)29-53(39,11)55(45,70-48)44(63)31-67-73(66,71-50(4,5)6)72-51(7,8)9/h12-18,21-22,24,26,35,39-40,42-43,45,48,62H,19-20,23,25,27-31,58H2,1-11H3,(H,59,65)/t35-,39+,40+,42+,43+,45-,48-,52+,53+,54+,55-/m1/s1. The maximum Gasteiger partial charge on any atom is 0.476 e. The third-order valence-corrected chi connectivity index (χ3v) is 16.9. The lowest BCUT2D eigenvalue weighted by atomic mass is 9.44. The Bertz CT molecular complexity index is 2560. The van der Waals surface area contributed by atoms with Crippen molar-refractivity contribution in [2.24, 2.45) is 34.3 Å². The van der Waals surface area contributed by atoms with Gasteiger partial charge in [-0.25, -0.2) is 13.3 Å². The Balaban J connectivity index is 1.13. The number of allylic oxidation sites excluding steroid dienone is 4. The Hall–Kier alpha value is -4.32. The van der Waals surface area contributed by atoms with Gasteiger partial charge in [-0.3, -0.25) is 37.5 Å². The number of phosphoric ester groups is 1. The minimum atomic E-state index is -4.45. The zero-order valence-corrected chi connectivity index (χ0v) is 44.8. The monoisotopic (exact) mass is 1040 g/mol. The van der Waals surface area contributed by atoms with Crippen LogP contribution in [0.2, 0.25) is 0 Å². The van der Waals surface area contributed by atoms with Gasteiger partial charge in [0.25, 0.3) is 0 Å². The molecule has 73 heavy (non-hydrogen) atoms. The van der Waals surface area contributed by atoms with Crippen LogP contribution >= 0.6 is 7.82 Å². The minimum Gasteiger partial charge on any atom is -0.460 e. The van der Waals surface area contributed by atoms with E-state index < -0.39 is 119 Å². The molecule has 2 aromatic rings. The Morgan fingerprint density at radius 2 is 1.59 bits per heavy atom. The number of nitrogens with one attached hydrogen (secondary N) is 1. The van der Waals surface area contributed by atoms with Crippen LogP contribution < -0.4 is 11.1 Å². The number of aliphatic hydroxyl groups excluding tert-OH is 1. The third-order valence-electron chi connectivity index (χ3n) is 15.0. The van der Waals surface area contributed by atoms with E-state index in [1.807, 2.05) is 24.3 Å². The van der Waals surface area contributed by atoms with Crippen LogP contribution in [0.4, 0.5) is 14.5 Å². The first-order chi connectivity index (χ1) is 33.7. The van der Waals surface area contributed by atoms with Gasteiger partial charge in [0.05, 0.1) is 30.0 Å². The van der Waals surface area contributed by atoms with E-state index >= 15 is 13.6 Å². The van der Waals surface area contributed by atoms with Gasteiger partial charge in [-0.05, 0) is 148 Å². The second-order valence-electron chi connectivity index (χ2n) is 23.8. The molecule has 11 atom stereocenters. The van der Waals surface area contributed by atoms with Gasteiger partial charge >= 0.3 is 13.8 Å². The van der Waals surface area contributed by atoms with Gasteiger partial charge in [0.15, 0.2) is 29.1 Å². The Labute approximate surface area is 427 Å². The lowest BCUT2D eigenvalue weighted by Crippen LogP contribution is -2.70. The average Bonchev–Trinajstić information content (AvgIpc) is 3.77. The van der Waals surface area contributed by atoms with E-state index in [9.17, 15) is 28.8 Å². The summed E-state index contributed by atoms with van der Waals surface area (Å²) in [6, 6.07) is 14.5. The number of esters is 1. The Morgan fingerprint density at radius 1 is 0.932 bits per heavy atom. The van der Waals surface area contributed by atoms with Crippen molar-refractivity contribution in [3.63, 3.8) is 0 Å². The topological polar surface area (TPSA) is 216 Å². The summed E-state index contributed by atoms with van der Waals surface area (Å²) in [7, 11) is -4.45. The number of phosphoric acid groups is 1. The Kier molecular flexibility index (Phi) is 15.7. The fraction of sp³-hybridized carbons (Fsp3) is 0.618.